The van der Waals surface area contributed by atoms with Crippen molar-refractivity contribution in [2.75, 3.05) is 62.3 Å². The predicted octanol–water partition coefficient (Wildman–Crippen LogP) is 1.34. The highest BCUT2D eigenvalue weighted by molar-refractivity contribution is 5.79. The summed E-state index contributed by atoms with van der Waals surface area (Å²) < 4.78 is 19.2. The molecule has 1 aromatic heterocycles. The first-order valence-electron chi connectivity index (χ1n) is 9.62. The van der Waals surface area contributed by atoms with Crippen molar-refractivity contribution in [3.05, 3.63) is 47.9 Å². The van der Waals surface area contributed by atoms with Crippen LogP contribution >= 0.6 is 0 Å². The van der Waals surface area contributed by atoms with Crippen LogP contribution in [0.3, 0.4) is 0 Å². The largest absolute Gasteiger partial charge is 0.378 e. The molecule has 0 bridgehead atoms. The number of hydrogen-bond acceptors (Lipinski definition) is 6. The minimum atomic E-state index is -0.328. The number of amides is 1. The molecule has 2 aromatic rings. The lowest BCUT2D eigenvalue weighted by Crippen LogP contribution is -2.49. The summed E-state index contributed by atoms with van der Waals surface area (Å²) in [6.45, 7) is 5.57. The van der Waals surface area contributed by atoms with Crippen LogP contribution < -0.4 is 9.80 Å². The highest BCUT2D eigenvalue weighted by Gasteiger charge is 2.23. The molecule has 148 valence electrons. The molecule has 0 saturated carbocycles. The third-order valence-corrected chi connectivity index (χ3v) is 5.18. The second-order valence-electron chi connectivity index (χ2n) is 6.95. The van der Waals surface area contributed by atoms with Crippen molar-refractivity contribution in [1.82, 2.24) is 14.9 Å². The Labute approximate surface area is 163 Å². The number of rotatable bonds is 4. The monoisotopic (exact) mass is 385 g/mol. The molecule has 7 nitrogen and oxygen atoms in total. The van der Waals surface area contributed by atoms with E-state index in [1.807, 2.05) is 6.07 Å². The fourth-order valence-corrected chi connectivity index (χ4v) is 3.53. The molecule has 1 aromatic carbocycles. The van der Waals surface area contributed by atoms with Gasteiger partial charge in [-0.3, -0.25) is 4.79 Å². The zero-order chi connectivity index (χ0) is 19.3. The Morgan fingerprint density at radius 3 is 2.50 bits per heavy atom. The Morgan fingerprint density at radius 2 is 1.75 bits per heavy atom. The van der Waals surface area contributed by atoms with Gasteiger partial charge in [0.2, 0.25) is 11.9 Å². The van der Waals surface area contributed by atoms with Crippen LogP contribution in [-0.4, -0.2) is 73.3 Å². The van der Waals surface area contributed by atoms with Gasteiger partial charge < -0.3 is 19.4 Å². The second-order valence-corrected chi connectivity index (χ2v) is 6.95. The van der Waals surface area contributed by atoms with E-state index in [1.165, 1.54) is 6.07 Å². The molecule has 28 heavy (non-hydrogen) atoms. The maximum Gasteiger partial charge on any atom is 0.227 e. The van der Waals surface area contributed by atoms with Gasteiger partial charge in [-0.15, -0.1) is 0 Å². The number of piperazine rings is 1. The fourth-order valence-electron chi connectivity index (χ4n) is 3.53. The first kappa shape index (κ1) is 18.6. The summed E-state index contributed by atoms with van der Waals surface area (Å²) in [4.78, 5) is 27.7. The van der Waals surface area contributed by atoms with E-state index in [0.717, 1.165) is 24.9 Å². The molecule has 2 aliphatic rings. The van der Waals surface area contributed by atoms with Crippen LogP contribution in [-0.2, 0) is 16.0 Å². The van der Waals surface area contributed by atoms with Gasteiger partial charge in [-0.2, -0.15) is 4.98 Å². The Bertz CT molecular complexity index is 820. The van der Waals surface area contributed by atoms with E-state index in [9.17, 15) is 9.18 Å². The summed E-state index contributed by atoms with van der Waals surface area (Å²) in [5, 5.41) is 0. The molecule has 2 aliphatic heterocycles. The van der Waals surface area contributed by atoms with E-state index in [-0.39, 0.29) is 18.1 Å². The number of carbonyl (C=O) groups excluding carboxylic acids is 1. The van der Waals surface area contributed by atoms with Gasteiger partial charge in [-0.05, 0) is 17.7 Å². The third-order valence-electron chi connectivity index (χ3n) is 5.18. The molecule has 0 spiro atoms. The van der Waals surface area contributed by atoms with E-state index in [1.54, 1.807) is 29.3 Å². The highest BCUT2D eigenvalue weighted by Crippen LogP contribution is 2.18. The smallest absolute Gasteiger partial charge is 0.227 e. The van der Waals surface area contributed by atoms with Crippen molar-refractivity contribution in [1.29, 1.82) is 0 Å². The van der Waals surface area contributed by atoms with Crippen LogP contribution in [0.4, 0.5) is 16.2 Å². The van der Waals surface area contributed by atoms with Crippen LogP contribution in [0, 0.1) is 5.82 Å². The minimum Gasteiger partial charge on any atom is -0.378 e. The van der Waals surface area contributed by atoms with Crippen LogP contribution in [0.1, 0.15) is 5.56 Å². The topological polar surface area (TPSA) is 61.8 Å². The molecule has 0 aliphatic carbocycles. The molecular formula is C20H24FN5O2. The third kappa shape index (κ3) is 4.22. The SMILES string of the molecule is O=C(Cc1ccccc1F)N1CCN(c2ccnc(N3CCOCC3)n2)CC1. The van der Waals surface area contributed by atoms with Gasteiger partial charge in [0, 0.05) is 45.5 Å². The summed E-state index contributed by atoms with van der Waals surface area (Å²) in [6.07, 6.45) is 1.88. The zero-order valence-electron chi connectivity index (χ0n) is 15.8. The second kappa shape index (κ2) is 8.52. The molecule has 0 radical (unpaired) electrons. The molecule has 0 N–H and O–H groups in total. The molecule has 2 saturated heterocycles. The van der Waals surface area contributed by atoms with Crippen molar-refractivity contribution in [2.24, 2.45) is 0 Å². The molecule has 4 rings (SSSR count). The van der Waals surface area contributed by atoms with Gasteiger partial charge in [-0.1, -0.05) is 18.2 Å². The van der Waals surface area contributed by atoms with E-state index in [2.05, 4.69) is 14.8 Å². The molecular weight excluding hydrogens is 361 g/mol. The number of hydrogen-bond donors (Lipinski definition) is 0. The minimum absolute atomic E-state index is 0.0403. The van der Waals surface area contributed by atoms with Gasteiger partial charge in [0.25, 0.3) is 0 Å². The predicted molar refractivity (Wildman–Crippen MR) is 104 cm³/mol. The van der Waals surface area contributed by atoms with Crippen LogP contribution in [0.5, 0.6) is 0 Å². The van der Waals surface area contributed by atoms with Crippen molar-refractivity contribution in [3.8, 4) is 0 Å². The average molecular weight is 385 g/mol. The van der Waals surface area contributed by atoms with E-state index in [4.69, 9.17) is 9.72 Å². The van der Waals surface area contributed by atoms with E-state index >= 15 is 0 Å². The normalized spacial score (nSPS) is 17.7. The number of halogens is 1. The lowest BCUT2D eigenvalue weighted by atomic mass is 10.1. The summed E-state index contributed by atoms with van der Waals surface area (Å²) in [5.41, 5.74) is 0.445. The summed E-state index contributed by atoms with van der Waals surface area (Å²) in [6, 6.07) is 8.35. The summed E-state index contributed by atoms with van der Waals surface area (Å²) in [7, 11) is 0. The molecule has 0 atom stereocenters. The Kier molecular flexibility index (Phi) is 5.66. The maximum atomic E-state index is 13.8. The molecule has 2 fully saturated rings. The highest BCUT2D eigenvalue weighted by atomic mass is 19.1. The number of ether oxygens (including phenoxy) is 1. The maximum absolute atomic E-state index is 13.8. The van der Waals surface area contributed by atoms with Crippen molar-refractivity contribution >= 4 is 17.7 Å². The molecule has 8 heteroatoms. The van der Waals surface area contributed by atoms with Crippen LogP contribution in [0.2, 0.25) is 0 Å². The number of morpholine rings is 1. The summed E-state index contributed by atoms with van der Waals surface area (Å²) >= 11 is 0. The van der Waals surface area contributed by atoms with Crippen LogP contribution in [0.25, 0.3) is 0 Å². The average Bonchev–Trinajstić information content (AvgIpc) is 2.76. The van der Waals surface area contributed by atoms with E-state index < -0.39 is 0 Å². The summed E-state index contributed by atoms with van der Waals surface area (Å²) in [5.74, 6) is 1.23. The van der Waals surface area contributed by atoms with Gasteiger partial charge in [0.15, 0.2) is 0 Å². The lowest BCUT2D eigenvalue weighted by Gasteiger charge is -2.36. The number of benzene rings is 1. The lowest BCUT2D eigenvalue weighted by molar-refractivity contribution is -0.130. The van der Waals surface area contributed by atoms with Gasteiger partial charge in [0.1, 0.15) is 11.6 Å². The Balaban J connectivity index is 1.35. The first-order chi connectivity index (χ1) is 13.7. The van der Waals surface area contributed by atoms with Crippen molar-refractivity contribution in [3.63, 3.8) is 0 Å². The molecule has 0 unspecified atom stereocenters. The zero-order valence-corrected chi connectivity index (χ0v) is 15.8. The molecule has 1 amide bonds. The van der Waals surface area contributed by atoms with Gasteiger partial charge >= 0.3 is 0 Å². The quantitative estimate of drug-likeness (QED) is 0.792. The number of carbonyl (C=O) groups is 1. The standard InChI is InChI=1S/C20H24FN5O2/c21-17-4-2-1-3-16(17)15-19(27)25-9-7-24(8-10-25)18-5-6-22-20(23-18)26-11-13-28-14-12-26/h1-6H,7-15H2. The number of nitrogens with zero attached hydrogens (tertiary/aromatic N) is 5. The number of aromatic nitrogens is 2. The van der Waals surface area contributed by atoms with Crippen LogP contribution in [0.15, 0.2) is 36.5 Å². The van der Waals surface area contributed by atoms with Gasteiger partial charge in [-0.25, -0.2) is 9.37 Å². The van der Waals surface area contributed by atoms with Crippen molar-refractivity contribution in [2.45, 2.75) is 6.42 Å². The first-order valence-corrected chi connectivity index (χ1v) is 9.62. The van der Waals surface area contributed by atoms with Gasteiger partial charge in [0.05, 0.1) is 19.6 Å². The van der Waals surface area contributed by atoms with E-state index in [0.29, 0.717) is 45.0 Å². The Hall–Kier alpha value is -2.74. The number of anilines is 2. The fraction of sp³-hybridized carbons (Fsp3) is 0.450. The van der Waals surface area contributed by atoms with Crippen molar-refractivity contribution < 1.29 is 13.9 Å². The molecule has 3 heterocycles. The Morgan fingerprint density at radius 1 is 1.00 bits per heavy atom.